The number of nitrogens with zero attached hydrogens (tertiary/aromatic N) is 1. The molecule has 2 rings (SSSR count). The summed E-state index contributed by atoms with van der Waals surface area (Å²) in [5, 5.41) is 16.5. The van der Waals surface area contributed by atoms with E-state index >= 15 is 0 Å². The topological polar surface area (TPSA) is 84.3 Å². The molecule has 0 radical (unpaired) electrons. The van der Waals surface area contributed by atoms with Crippen LogP contribution in [0, 0.1) is 10.1 Å². The second kappa shape index (κ2) is 7.46. The third-order valence-corrected chi connectivity index (χ3v) is 3.44. The molecule has 0 aliphatic rings. The Morgan fingerprint density at radius 1 is 1.13 bits per heavy atom. The highest BCUT2D eigenvalue weighted by atomic mass is 32.1. The summed E-state index contributed by atoms with van der Waals surface area (Å²) in [5.74, 6) is -0.616. The first-order valence-corrected chi connectivity index (χ1v) is 7.30. The van der Waals surface area contributed by atoms with Crippen molar-refractivity contribution in [3.8, 4) is 0 Å². The quantitative estimate of drug-likeness (QED) is 0.512. The molecule has 118 valence electrons. The molecular weight excluding hydrogens is 314 g/mol. The molecule has 0 bridgehead atoms. The van der Waals surface area contributed by atoms with Crippen molar-refractivity contribution in [1.82, 2.24) is 10.6 Å². The van der Waals surface area contributed by atoms with Gasteiger partial charge in [0.05, 0.1) is 11.0 Å². The Kier molecular flexibility index (Phi) is 5.37. The summed E-state index contributed by atoms with van der Waals surface area (Å²) in [6, 6.07) is 15.2. The molecule has 1 amide bonds. The first-order valence-electron chi connectivity index (χ1n) is 6.89. The minimum atomic E-state index is -0.616. The number of benzene rings is 2. The van der Waals surface area contributed by atoms with E-state index in [0.717, 1.165) is 5.56 Å². The van der Waals surface area contributed by atoms with Crippen molar-refractivity contribution in [3.63, 3.8) is 0 Å². The van der Waals surface area contributed by atoms with Crippen LogP contribution in [0.1, 0.15) is 28.9 Å². The second-order valence-electron chi connectivity index (χ2n) is 4.83. The number of amides is 1. The Hall–Kier alpha value is -2.80. The second-order valence-corrected chi connectivity index (χ2v) is 5.24. The number of rotatable bonds is 4. The van der Waals surface area contributed by atoms with Crippen molar-refractivity contribution in [3.05, 3.63) is 75.8 Å². The van der Waals surface area contributed by atoms with Crippen LogP contribution in [0.15, 0.2) is 54.6 Å². The van der Waals surface area contributed by atoms with Gasteiger partial charge in [-0.1, -0.05) is 42.5 Å². The molecule has 6 nitrogen and oxygen atoms in total. The molecule has 0 fully saturated rings. The molecule has 1 atom stereocenters. The number of carbonyl (C=O) groups excluding carboxylic acids is 1. The average Bonchev–Trinajstić information content (AvgIpc) is 2.55. The molecule has 0 aromatic heterocycles. The van der Waals surface area contributed by atoms with E-state index in [1.54, 1.807) is 6.07 Å². The number of carbonyl (C=O) groups is 1. The van der Waals surface area contributed by atoms with Gasteiger partial charge in [0.1, 0.15) is 5.56 Å². The van der Waals surface area contributed by atoms with Gasteiger partial charge in [0.25, 0.3) is 11.6 Å². The van der Waals surface area contributed by atoms with E-state index in [-0.39, 0.29) is 22.4 Å². The predicted octanol–water partition coefficient (Wildman–Crippen LogP) is 2.96. The van der Waals surface area contributed by atoms with Crippen LogP contribution in [-0.2, 0) is 0 Å². The third-order valence-electron chi connectivity index (χ3n) is 3.22. The zero-order chi connectivity index (χ0) is 16.8. The highest BCUT2D eigenvalue weighted by molar-refractivity contribution is 7.80. The van der Waals surface area contributed by atoms with Crippen molar-refractivity contribution in [2.45, 2.75) is 13.0 Å². The average molecular weight is 329 g/mol. The van der Waals surface area contributed by atoms with Crippen LogP contribution in [0.2, 0.25) is 0 Å². The highest BCUT2D eigenvalue weighted by Crippen LogP contribution is 2.17. The van der Waals surface area contributed by atoms with Gasteiger partial charge in [0.15, 0.2) is 5.11 Å². The molecule has 2 aromatic rings. The van der Waals surface area contributed by atoms with Gasteiger partial charge in [-0.2, -0.15) is 0 Å². The van der Waals surface area contributed by atoms with Gasteiger partial charge in [-0.25, -0.2) is 0 Å². The van der Waals surface area contributed by atoms with Crippen LogP contribution in [0.5, 0.6) is 0 Å². The number of nitrogens with one attached hydrogen (secondary N) is 2. The number of hydrogen-bond donors (Lipinski definition) is 2. The molecule has 0 aliphatic carbocycles. The van der Waals surface area contributed by atoms with E-state index in [9.17, 15) is 14.9 Å². The summed E-state index contributed by atoms with van der Waals surface area (Å²) in [6.45, 7) is 1.90. The Morgan fingerprint density at radius 2 is 1.74 bits per heavy atom. The first-order chi connectivity index (χ1) is 11.0. The van der Waals surface area contributed by atoms with Crippen molar-refractivity contribution < 1.29 is 9.72 Å². The summed E-state index contributed by atoms with van der Waals surface area (Å²) >= 11 is 5.10. The van der Waals surface area contributed by atoms with Crippen molar-refractivity contribution >= 4 is 28.9 Å². The van der Waals surface area contributed by atoms with Gasteiger partial charge in [-0.15, -0.1) is 0 Å². The maximum Gasteiger partial charge on any atom is 0.282 e. The number of thiocarbonyl (C=S) groups is 1. The third kappa shape index (κ3) is 4.33. The van der Waals surface area contributed by atoms with Gasteiger partial charge in [-0.3, -0.25) is 20.2 Å². The van der Waals surface area contributed by atoms with Gasteiger partial charge < -0.3 is 5.32 Å². The highest BCUT2D eigenvalue weighted by Gasteiger charge is 2.20. The number of nitro benzene ring substituents is 1. The summed E-state index contributed by atoms with van der Waals surface area (Å²) in [6.07, 6.45) is 0. The van der Waals surface area contributed by atoms with E-state index in [4.69, 9.17) is 12.2 Å². The zero-order valence-electron chi connectivity index (χ0n) is 12.4. The molecule has 2 N–H and O–H groups in total. The van der Waals surface area contributed by atoms with Crippen LogP contribution in [0.25, 0.3) is 0 Å². The SMILES string of the molecule is CC(NC(=S)NC(=O)c1ccccc1[N+](=O)[O-])c1ccccc1. The lowest BCUT2D eigenvalue weighted by molar-refractivity contribution is -0.385. The minimum Gasteiger partial charge on any atom is -0.356 e. The summed E-state index contributed by atoms with van der Waals surface area (Å²) in [5.41, 5.74) is 0.715. The maximum atomic E-state index is 12.2. The molecule has 2 aromatic carbocycles. The lowest BCUT2D eigenvalue weighted by Gasteiger charge is -2.16. The smallest absolute Gasteiger partial charge is 0.282 e. The standard InChI is InChI=1S/C16H15N3O3S/c1-11(12-7-3-2-4-8-12)17-16(23)18-15(20)13-9-5-6-10-14(13)19(21)22/h2-11H,1H3,(H2,17,18,20,23). The van der Waals surface area contributed by atoms with E-state index in [0.29, 0.717) is 0 Å². The van der Waals surface area contributed by atoms with E-state index < -0.39 is 10.8 Å². The predicted molar refractivity (Wildman–Crippen MR) is 91.2 cm³/mol. The Labute approximate surface area is 138 Å². The van der Waals surface area contributed by atoms with Crippen molar-refractivity contribution in [2.24, 2.45) is 0 Å². The Bertz CT molecular complexity index is 734. The van der Waals surface area contributed by atoms with Crippen LogP contribution in [0.3, 0.4) is 0 Å². The summed E-state index contributed by atoms with van der Waals surface area (Å²) in [4.78, 5) is 22.5. The molecule has 0 saturated heterocycles. The zero-order valence-corrected chi connectivity index (χ0v) is 13.2. The Morgan fingerprint density at radius 3 is 2.39 bits per heavy atom. The lowest BCUT2D eigenvalue weighted by atomic mass is 10.1. The fourth-order valence-electron chi connectivity index (χ4n) is 2.05. The van der Waals surface area contributed by atoms with Crippen LogP contribution in [-0.4, -0.2) is 15.9 Å². The van der Waals surface area contributed by atoms with Gasteiger partial charge in [-0.05, 0) is 30.8 Å². The first kappa shape index (κ1) is 16.6. The minimum absolute atomic E-state index is 0.0333. The lowest BCUT2D eigenvalue weighted by Crippen LogP contribution is -2.40. The molecule has 0 aliphatic heterocycles. The molecule has 0 saturated carbocycles. The largest absolute Gasteiger partial charge is 0.356 e. The molecular formula is C16H15N3O3S. The van der Waals surface area contributed by atoms with Crippen LogP contribution in [0.4, 0.5) is 5.69 Å². The van der Waals surface area contributed by atoms with E-state index in [1.807, 2.05) is 37.3 Å². The fraction of sp³-hybridized carbons (Fsp3) is 0.125. The fourth-order valence-corrected chi connectivity index (χ4v) is 2.32. The number of hydrogen-bond acceptors (Lipinski definition) is 4. The molecule has 0 spiro atoms. The van der Waals surface area contributed by atoms with Crippen molar-refractivity contribution in [2.75, 3.05) is 0 Å². The normalized spacial score (nSPS) is 11.3. The van der Waals surface area contributed by atoms with Crippen molar-refractivity contribution in [1.29, 1.82) is 0 Å². The summed E-state index contributed by atoms with van der Waals surface area (Å²) in [7, 11) is 0. The maximum absolute atomic E-state index is 12.2. The molecule has 0 heterocycles. The van der Waals surface area contributed by atoms with E-state index in [1.165, 1.54) is 18.2 Å². The molecule has 1 unspecified atom stereocenters. The summed E-state index contributed by atoms with van der Waals surface area (Å²) < 4.78 is 0. The Balaban J connectivity index is 2.03. The van der Waals surface area contributed by atoms with Gasteiger partial charge in [0.2, 0.25) is 0 Å². The van der Waals surface area contributed by atoms with Gasteiger partial charge >= 0.3 is 0 Å². The molecule has 7 heteroatoms. The van der Waals surface area contributed by atoms with Crippen LogP contribution < -0.4 is 10.6 Å². The monoisotopic (exact) mass is 329 g/mol. The number of nitro groups is 1. The van der Waals surface area contributed by atoms with E-state index in [2.05, 4.69) is 10.6 Å². The number of para-hydroxylation sites is 1. The van der Waals surface area contributed by atoms with Gasteiger partial charge in [0, 0.05) is 6.07 Å². The molecule has 23 heavy (non-hydrogen) atoms. The van der Waals surface area contributed by atoms with Crippen LogP contribution >= 0.6 is 12.2 Å².